The molecule has 0 aromatic heterocycles. The largest absolute Gasteiger partial charge is 0.329 e. The molecule has 0 radical (unpaired) electrons. The zero-order valence-corrected chi connectivity index (χ0v) is 11.1. The molecule has 0 aliphatic carbocycles. The van der Waals surface area contributed by atoms with Crippen LogP contribution in [0.1, 0.15) is 40.5 Å². The maximum absolute atomic E-state index is 12.0. The summed E-state index contributed by atoms with van der Waals surface area (Å²) >= 11 is 0. The number of rotatable bonds is 7. The van der Waals surface area contributed by atoms with Gasteiger partial charge in [-0.1, -0.05) is 20.3 Å². The van der Waals surface area contributed by atoms with Crippen molar-refractivity contribution in [2.45, 2.75) is 46.1 Å². The zero-order chi connectivity index (χ0) is 12.1. The third kappa shape index (κ3) is 4.09. The highest BCUT2D eigenvalue weighted by Gasteiger charge is 2.33. The minimum absolute atomic E-state index is 0.223. The maximum Gasteiger partial charge on any atom is 0.214 e. The lowest BCUT2D eigenvalue weighted by atomic mass is 10.1. The SMILES string of the molecule is CCCCS(=O)(=O)N(CC)C(C)(C)CN. The van der Waals surface area contributed by atoms with Gasteiger partial charge in [-0.25, -0.2) is 8.42 Å². The summed E-state index contributed by atoms with van der Waals surface area (Å²) in [5, 5.41) is 0. The van der Waals surface area contributed by atoms with Crippen LogP contribution in [0.3, 0.4) is 0 Å². The second kappa shape index (κ2) is 5.82. The number of unbranched alkanes of at least 4 members (excludes halogenated alkanes) is 1. The van der Waals surface area contributed by atoms with Crippen LogP contribution >= 0.6 is 0 Å². The molecule has 0 amide bonds. The van der Waals surface area contributed by atoms with E-state index in [1.54, 1.807) is 0 Å². The molecule has 0 unspecified atom stereocenters. The van der Waals surface area contributed by atoms with Gasteiger partial charge in [0, 0.05) is 18.6 Å². The van der Waals surface area contributed by atoms with E-state index in [1.807, 2.05) is 27.7 Å². The molecule has 0 bridgehead atoms. The van der Waals surface area contributed by atoms with Gasteiger partial charge in [0.15, 0.2) is 0 Å². The van der Waals surface area contributed by atoms with Crippen LogP contribution in [0.15, 0.2) is 0 Å². The van der Waals surface area contributed by atoms with Gasteiger partial charge in [-0.05, 0) is 20.3 Å². The zero-order valence-electron chi connectivity index (χ0n) is 10.3. The molecule has 0 aromatic carbocycles. The Morgan fingerprint density at radius 2 is 1.80 bits per heavy atom. The van der Waals surface area contributed by atoms with Crippen LogP contribution in [0.5, 0.6) is 0 Å². The van der Waals surface area contributed by atoms with Gasteiger partial charge in [0.1, 0.15) is 0 Å². The highest BCUT2D eigenvalue weighted by atomic mass is 32.2. The molecule has 0 aromatic rings. The van der Waals surface area contributed by atoms with Crippen LogP contribution in [0.4, 0.5) is 0 Å². The topological polar surface area (TPSA) is 63.4 Å². The van der Waals surface area contributed by atoms with Gasteiger partial charge in [0.2, 0.25) is 10.0 Å². The standard InChI is InChI=1S/C10H24N2O2S/c1-5-7-8-15(13,14)12(6-2)10(3,4)9-11/h5-9,11H2,1-4H3. The fourth-order valence-electron chi connectivity index (χ4n) is 1.54. The molecule has 0 saturated heterocycles. The Balaban J connectivity index is 4.81. The molecule has 0 heterocycles. The van der Waals surface area contributed by atoms with Gasteiger partial charge in [-0.3, -0.25) is 0 Å². The van der Waals surface area contributed by atoms with Crippen molar-refractivity contribution in [2.24, 2.45) is 5.73 Å². The van der Waals surface area contributed by atoms with Crippen LogP contribution in [-0.2, 0) is 10.0 Å². The molecule has 0 aliphatic heterocycles. The smallest absolute Gasteiger partial charge is 0.214 e. The molecule has 92 valence electrons. The van der Waals surface area contributed by atoms with E-state index in [2.05, 4.69) is 0 Å². The molecular weight excluding hydrogens is 212 g/mol. The molecule has 0 saturated carbocycles. The second-order valence-corrected chi connectivity index (χ2v) is 6.36. The van der Waals surface area contributed by atoms with E-state index in [0.29, 0.717) is 19.5 Å². The Labute approximate surface area is 93.9 Å². The fraction of sp³-hybridized carbons (Fsp3) is 1.00. The number of sulfonamides is 1. The first-order valence-electron chi connectivity index (χ1n) is 5.52. The van der Waals surface area contributed by atoms with Gasteiger partial charge < -0.3 is 5.73 Å². The van der Waals surface area contributed by atoms with Crippen LogP contribution in [0.25, 0.3) is 0 Å². The van der Waals surface area contributed by atoms with Crippen molar-refractivity contribution in [1.82, 2.24) is 4.31 Å². The monoisotopic (exact) mass is 236 g/mol. The Morgan fingerprint density at radius 3 is 2.13 bits per heavy atom. The van der Waals surface area contributed by atoms with Crippen molar-refractivity contribution in [2.75, 3.05) is 18.8 Å². The number of hydrogen-bond donors (Lipinski definition) is 1. The van der Waals surface area contributed by atoms with Crippen molar-refractivity contribution >= 4 is 10.0 Å². The summed E-state index contributed by atoms with van der Waals surface area (Å²) < 4.78 is 25.5. The number of hydrogen-bond acceptors (Lipinski definition) is 3. The van der Waals surface area contributed by atoms with E-state index in [1.165, 1.54) is 4.31 Å². The third-order valence-electron chi connectivity index (χ3n) is 2.55. The van der Waals surface area contributed by atoms with Crippen molar-refractivity contribution in [3.8, 4) is 0 Å². The minimum Gasteiger partial charge on any atom is -0.329 e. The van der Waals surface area contributed by atoms with Gasteiger partial charge in [0.05, 0.1) is 5.75 Å². The van der Waals surface area contributed by atoms with Crippen LogP contribution in [0.2, 0.25) is 0 Å². The van der Waals surface area contributed by atoms with Crippen LogP contribution in [-0.4, -0.2) is 37.1 Å². The number of nitrogens with two attached hydrogens (primary N) is 1. The van der Waals surface area contributed by atoms with E-state index in [9.17, 15) is 8.42 Å². The first-order valence-corrected chi connectivity index (χ1v) is 7.13. The molecule has 15 heavy (non-hydrogen) atoms. The van der Waals surface area contributed by atoms with Gasteiger partial charge in [-0.2, -0.15) is 4.31 Å². The molecule has 0 fully saturated rings. The Hall–Kier alpha value is -0.130. The molecule has 5 heteroatoms. The molecule has 0 atom stereocenters. The average Bonchev–Trinajstić information content (AvgIpc) is 2.15. The second-order valence-electron chi connectivity index (χ2n) is 4.35. The summed E-state index contributed by atoms with van der Waals surface area (Å²) in [5.74, 6) is 0.223. The number of likely N-dealkylation sites (N-methyl/N-ethyl adjacent to an activating group) is 1. The summed E-state index contributed by atoms with van der Waals surface area (Å²) in [6.07, 6.45) is 1.60. The fourth-order valence-corrected chi connectivity index (χ4v) is 3.63. The predicted octanol–water partition coefficient (Wildman–Crippen LogP) is 1.18. The van der Waals surface area contributed by atoms with E-state index in [-0.39, 0.29) is 5.75 Å². The van der Waals surface area contributed by atoms with Crippen molar-refractivity contribution in [3.63, 3.8) is 0 Å². The van der Waals surface area contributed by atoms with Crippen LogP contribution < -0.4 is 5.73 Å². The first kappa shape index (κ1) is 14.9. The molecule has 0 aliphatic rings. The van der Waals surface area contributed by atoms with E-state index in [0.717, 1.165) is 6.42 Å². The van der Waals surface area contributed by atoms with Gasteiger partial charge in [-0.15, -0.1) is 0 Å². The third-order valence-corrected chi connectivity index (χ3v) is 4.78. The summed E-state index contributed by atoms with van der Waals surface area (Å²) in [5.41, 5.74) is 5.12. The number of nitrogens with zero attached hydrogens (tertiary/aromatic N) is 1. The average molecular weight is 236 g/mol. The van der Waals surface area contributed by atoms with Crippen molar-refractivity contribution < 1.29 is 8.42 Å². The highest BCUT2D eigenvalue weighted by Crippen LogP contribution is 2.18. The summed E-state index contributed by atoms with van der Waals surface area (Å²) in [4.78, 5) is 0. The normalized spacial score (nSPS) is 13.5. The Bertz CT molecular complexity index is 273. The molecular formula is C10H24N2O2S. The van der Waals surface area contributed by atoms with Crippen molar-refractivity contribution in [3.05, 3.63) is 0 Å². The summed E-state index contributed by atoms with van der Waals surface area (Å²) in [7, 11) is -3.15. The van der Waals surface area contributed by atoms with Crippen molar-refractivity contribution in [1.29, 1.82) is 0 Å². The Morgan fingerprint density at radius 1 is 1.27 bits per heavy atom. The molecule has 2 N–H and O–H groups in total. The molecule has 0 spiro atoms. The van der Waals surface area contributed by atoms with E-state index >= 15 is 0 Å². The van der Waals surface area contributed by atoms with Gasteiger partial charge in [0.25, 0.3) is 0 Å². The van der Waals surface area contributed by atoms with Crippen LogP contribution in [0, 0.1) is 0 Å². The first-order chi connectivity index (χ1) is 6.81. The summed E-state index contributed by atoms with van der Waals surface area (Å²) in [6.45, 7) is 8.38. The quantitative estimate of drug-likeness (QED) is 0.722. The van der Waals surface area contributed by atoms with E-state index < -0.39 is 15.6 Å². The van der Waals surface area contributed by atoms with E-state index in [4.69, 9.17) is 5.73 Å². The lowest BCUT2D eigenvalue weighted by Gasteiger charge is -2.35. The lowest BCUT2D eigenvalue weighted by molar-refractivity contribution is 0.244. The molecule has 0 rings (SSSR count). The molecule has 4 nitrogen and oxygen atoms in total. The predicted molar refractivity (Wildman–Crippen MR) is 64.2 cm³/mol. The highest BCUT2D eigenvalue weighted by molar-refractivity contribution is 7.89. The lowest BCUT2D eigenvalue weighted by Crippen LogP contribution is -2.52. The maximum atomic E-state index is 12.0. The Kier molecular flexibility index (Phi) is 5.77. The summed E-state index contributed by atoms with van der Waals surface area (Å²) in [6, 6.07) is 0. The minimum atomic E-state index is -3.15. The van der Waals surface area contributed by atoms with Gasteiger partial charge >= 0.3 is 0 Å².